The maximum absolute atomic E-state index is 11.5. The van der Waals surface area contributed by atoms with E-state index >= 15 is 0 Å². The van der Waals surface area contributed by atoms with Crippen LogP contribution in [0.1, 0.15) is 32.1 Å². The number of rotatable bonds is 6. The number of aliphatic hydroxyl groups excluding tert-OH is 1. The molecule has 2 N–H and O–H groups in total. The summed E-state index contributed by atoms with van der Waals surface area (Å²) >= 11 is 0. The first-order valence-corrected chi connectivity index (χ1v) is 6.56. The highest BCUT2D eigenvalue weighted by Gasteiger charge is 2.14. The van der Waals surface area contributed by atoms with E-state index in [1.165, 1.54) is 0 Å². The van der Waals surface area contributed by atoms with Crippen LogP contribution in [-0.2, 0) is 4.79 Å². The molecule has 1 aromatic heterocycles. The lowest BCUT2D eigenvalue weighted by Crippen LogP contribution is -2.34. The minimum atomic E-state index is -0.510. The minimum absolute atomic E-state index is 0.0258. The molecule has 1 aromatic rings. The number of carbonyl (C=O) groups is 1. The number of anilines is 1. The molecular weight excluding hydrogens is 242 g/mol. The molecule has 0 aliphatic rings. The normalized spacial score (nSPS) is 13.7. The fraction of sp³-hybridized carbons (Fsp3) is 0.571. The van der Waals surface area contributed by atoms with Crippen molar-refractivity contribution < 1.29 is 9.90 Å². The first kappa shape index (κ1) is 15.4. The van der Waals surface area contributed by atoms with Crippen molar-refractivity contribution in [1.29, 1.82) is 0 Å². The highest BCUT2D eigenvalue weighted by molar-refractivity contribution is 5.78. The number of hydrogen-bond acceptors (Lipinski definition) is 4. The van der Waals surface area contributed by atoms with Crippen molar-refractivity contribution in [2.75, 3.05) is 25.5 Å². The SMILES string of the molecule is CC[C@@H](O)c1ccc(N(C)CC(C)C(=O)NC)cn1. The third-order valence-electron chi connectivity index (χ3n) is 3.18. The summed E-state index contributed by atoms with van der Waals surface area (Å²) in [6.07, 6.45) is 1.87. The van der Waals surface area contributed by atoms with Crippen LogP contribution in [0, 0.1) is 5.92 Å². The number of pyridine rings is 1. The molecule has 5 heteroatoms. The van der Waals surface area contributed by atoms with Crippen LogP contribution in [0.5, 0.6) is 0 Å². The summed E-state index contributed by atoms with van der Waals surface area (Å²) in [6.45, 7) is 4.42. The van der Waals surface area contributed by atoms with Crippen LogP contribution in [0.15, 0.2) is 18.3 Å². The second kappa shape index (κ2) is 7.09. The van der Waals surface area contributed by atoms with Gasteiger partial charge in [-0.15, -0.1) is 0 Å². The van der Waals surface area contributed by atoms with Gasteiger partial charge in [0.15, 0.2) is 0 Å². The predicted molar refractivity (Wildman–Crippen MR) is 76.0 cm³/mol. The van der Waals surface area contributed by atoms with E-state index in [2.05, 4.69) is 10.3 Å². The lowest BCUT2D eigenvalue weighted by Gasteiger charge is -2.22. The Morgan fingerprint density at radius 2 is 2.21 bits per heavy atom. The van der Waals surface area contributed by atoms with E-state index in [0.29, 0.717) is 18.7 Å². The molecule has 0 bridgehead atoms. The Kier molecular flexibility index (Phi) is 5.76. The number of hydrogen-bond donors (Lipinski definition) is 2. The van der Waals surface area contributed by atoms with Gasteiger partial charge in [0.1, 0.15) is 0 Å². The molecule has 19 heavy (non-hydrogen) atoms. The van der Waals surface area contributed by atoms with Gasteiger partial charge in [0.2, 0.25) is 5.91 Å². The molecule has 0 radical (unpaired) electrons. The predicted octanol–water partition coefficient (Wildman–Crippen LogP) is 1.34. The van der Waals surface area contributed by atoms with Crippen LogP contribution in [0.25, 0.3) is 0 Å². The molecule has 0 fully saturated rings. The summed E-state index contributed by atoms with van der Waals surface area (Å²) in [6, 6.07) is 3.74. The number of amides is 1. The maximum atomic E-state index is 11.5. The third-order valence-corrected chi connectivity index (χ3v) is 3.18. The molecule has 0 spiro atoms. The molecule has 1 rings (SSSR count). The fourth-order valence-electron chi connectivity index (χ4n) is 1.88. The molecule has 1 amide bonds. The molecule has 0 saturated carbocycles. The van der Waals surface area contributed by atoms with E-state index in [0.717, 1.165) is 5.69 Å². The zero-order valence-electron chi connectivity index (χ0n) is 12.1. The zero-order chi connectivity index (χ0) is 14.4. The lowest BCUT2D eigenvalue weighted by atomic mass is 10.1. The van der Waals surface area contributed by atoms with E-state index in [1.54, 1.807) is 13.2 Å². The van der Waals surface area contributed by atoms with Crippen molar-refractivity contribution in [3.05, 3.63) is 24.0 Å². The van der Waals surface area contributed by atoms with E-state index < -0.39 is 6.10 Å². The third kappa shape index (κ3) is 4.21. The molecule has 0 aliphatic heterocycles. The largest absolute Gasteiger partial charge is 0.387 e. The van der Waals surface area contributed by atoms with Crippen LogP contribution < -0.4 is 10.2 Å². The van der Waals surface area contributed by atoms with Crippen molar-refractivity contribution in [3.63, 3.8) is 0 Å². The molecular formula is C14H23N3O2. The maximum Gasteiger partial charge on any atom is 0.224 e. The first-order valence-electron chi connectivity index (χ1n) is 6.56. The fourth-order valence-corrected chi connectivity index (χ4v) is 1.88. The highest BCUT2D eigenvalue weighted by atomic mass is 16.3. The van der Waals surface area contributed by atoms with Crippen molar-refractivity contribution >= 4 is 11.6 Å². The molecule has 0 aliphatic carbocycles. The Bertz CT molecular complexity index is 406. The number of nitrogens with zero attached hydrogens (tertiary/aromatic N) is 2. The molecule has 106 valence electrons. The highest BCUT2D eigenvalue weighted by Crippen LogP contribution is 2.18. The van der Waals surface area contributed by atoms with E-state index in [-0.39, 0.29) is 11.8 Å². The summed E-state index contributed by atoms with van der Waals surface area (Å²) in [4.78, 5) is 17.7. The smallest absolute Gasteiger partial charge is 0.224 e. The molecule has 0 saturated heterocycles. The standard InChI is InChI=1S/C14H23N3O2/c1-5-13(18)12-7-6-11(8-16-12)17(4)9-10(2)14(19)15-3/h6-8,10,13,18H,5,9H2,1-4H3,(H,15,19)/t10?,13-/m1/s1. The number of aliphatic hydroxyl groups is 1. The van der Waals surface area contributed by atoms with E-state index in [9.17, 15) is 9.90 Å². The minimum Gasteiger partial charge on any atom is -0.387 e. The van der Waals surface area contributed by atoms with Crippen molar-refractivity contribution in [3.8, 4) is 0 Å². The van der Waals surface area contributed by atoms with Crippen molar-refractivity contribution in [2.24, 2.45) is 5.92 Å². The number of nitrogens with one attached hydrogen (secondary N) is 1. The van der Waals surface area contributed by atoms with Gasteiger partial charge in [-0.3, -0.25) is 9.78 Å². The Balaban J connectivity index is 2.67. The van der Waals surface area contributed by atoms with Gasteiger partial charge in [-0.25, -0.2) is 0 Å². The van der Waals surface area contributed by atoms with Gasteiger partial charge in [-0.1, -0.05) is 13.8 Å². The molecule has 5 nitrogen and oxygen atoms in total. The monoisotopic (exact) mass is 265 g/mol. The van der Waals surface area contributed by atoms with Crippen molar-refractivity contribution in [2.45, 2.75) is 26.4 Å². The molecule has 2 atom stereocenters. The lowest BCUT2D eigenvalue weighted by molar-refractivity contribution is -0.123. The second-order valence-electron chi connectivity index (χ2n) is 4.76. The number of aromatic nitrogens is 1. The van der Waals surface area contributed by atoms with Gasteiger partial charge in [-0.05, 0) is 18.6 Å². The quantitative estimate of drug-likeness (QED) is 0.814. The Labute approximate surface area is 114 Å². The van der Waals surface area contributed by atoms with Gasteiger partial charge in [0.25, 0.3) is 0 Å². The van der Waals surface area contributed by atoms with E-state index in [4.69, 9.17) is 0 Å². The van der Waals surface area contributed by atoms with Gasteiger partial charge in [0, 0.05) is 20.6 Å². The van der Waals surface area contributed by atoms with Gasteiger partial charge < -0.3 is 15.3 Å². The Morgan fingerprint density at radius 1 is 1.53 bits per heavy atom. The average Bonchev–Trinajstić information content (AvgIpc) is 2.45. The summed E-state index contributed by atoms with van der Waals surface area (Å²) < 4.78 is 0. The zero-order valence-corrected chi connectivity index (χ0v) is 12.1. The van der Waals surface area contributed by atoms with Gasteiger partial charge in [0.05, 0.1) is 29.6 Å². The van der Waals surface area contributed by atoms with Gasteiger partial charge >= 0.3 is 0 Å². The molecule has 1 heterocycles. The molecule has 0 aromatic carbocycles. The van der Waals surface area contributed by atoms with Crippen molar-refractivity contribution in [1.82, 2.24) is 10.3 Å². The summed E-state index contributed by atoms with van der Waals surface area (Å²) in [5, 5.41) is 12.3. The summed E-state index contributed by atoms with van der Waals surface area (Å²) in [5.74, 6) is -0.0613. The topological polar surface area (TPSA) is 65.5 Å². The first-order chi connectivity index (χ1) is 8.99. The summed E-state index contributed by atoms with van der Waals surface area (Å²) in [7, 11) is 3.56. The van der Waals surface area contributed by atoms with Crippen LogP contribution in [-0.4, -0.2) is 36.6 Å². The number of carbonyl (C=O) groups excluding carboxylic acids is 1. The molecule has 1 unspecified atom stereocenters. The van der Waals surface area contributed by atoms with E-state index in [1.807, 2.05) is 37.9 Å². The Morgan fingerprint density at radius 3 is 2.68 bits per heavy atom. The van der Waals surface area contributed by atoms with Gasteiger partial charge in [-0.2, -0.15) is 0 Å². The van der Waals surface area contributed by atoms with Crippen LogP contribution in [0.2, 0.25) is 0 Å². The van der Waals surface area contributed by atoms with Crippen LogP contribution in [0.4, 0.5) is 5.69 Å². The van der Waals surface area contributed by atoms with Crippen LogP contribution in [0.3, 0.4) is 0 Å². The second-order valence-corrected chi connectivity index (χ2v) is 4.76. The average molecular weight is 265 g/mol. The summed E-state index contributed by atoms with van der Waals surface area (Å²) in [5.41, 5.74) is 1.61. The van der Waals surface area contributed by atoms with Crippen LogP contribution >= 0.6 is 0 Å². The Hall–Kier alpha value is -1.62.